The number of rotatable bonds is 3. The summed E-state index contributed by atoms with van der Waals surface area (Å²) in [6.45, 7) is -1.25. The van der Waals surface area contributed by atoms with E-state index in [4.69, 9.17) is 0 Å². The molecule has 1 nitrogen and oxygen atoms in total. The molecule has 0 aliphatic carbocycles. The highest BCUT2D eigenvalue weighted by Crippen LogP contribution is 2.26. The predicted octanol–water partition coefficient (Wildman–Crippen LogP) is 3.66. The number of halogens is 4. The van der Waals surface area contributed by atoms with Gasteiger partial charge in [0, 0.05) is 0 Å². The fourth-order valence-corrected chi connectivity index (χ4v) is 1.31. The molecular formula is C9H8BrF3O. The van der Waals surface area contributed by atoms with Crippen molar-refractivity contribution in [1.82, 2.24) is 0 Å². The van der Waals surface area contributed by atoms with Crippen LogP contribution >= 0.6 is 15.9 Å². The van der Waals surface area contributed by atoms with Crippen molar-refractivity contribution in [2.24, 2.45) is 0 Å². The fourth-order valence-electron chi connectivity index (χ4n) is 0.868. The quantitative estimate of drug-likeness (QED) is 0.761. The molecule has 0 aromatic heterocycles. The SMILES string of the molecule is FC(F)(F)COC(Br)c1ccccc1. The van der Waals surface area contributed by atoms with Crippen molar-refractivity contribution in [2.75, 3.05) is 6.61 Å². The Bertz CT molecular complexity index is 273. The van der Waals surface area contributed by atoms with Crippen LogP contribution in [0.4, 0.5) is 13.2 Å². The highest BCUT2D eigenvalue weighted by molar-refractivity contribution is 9.09. The molecule has 0 N–H and O–H groups in total. The lowest BCUT2D eigenvalue weighted by Crippen LogP contribution is -2.17. The molecule has 0 radical (unpaired) electrons. The van der Waals surface area contributed by atoms with Crippen molar-refractivity contribution in [2.45, 2.75) is 11.2 Å². The molecule has 0 bridgehead atoms. The Morgan fingerprint density at radius 2 is 1.79 bits per heavy atom. The first-order valence-electron chi connectivity index (χ1n) is 3.86. The molecule has 5 heteroatoms. The second-order valence-electron chi connectivity index (χ2n) is 2.65. The van der Waals surface area contributed by atoms with Crippen LogP contribution in [0, 0.1) is 0 Å². The second-order valence-corrected chi connectivity index (χ2v) is 3.48. The van der Waals surface area contributed by atoms with Crippen LogP contribution in [0.5, 0.6) is 0 Å². The minimum absolute atomic E-state index is 0.664. The van der Waals surface area contributed by atoms with E-state index >= 15 is 0 Å². The summed E-state index contributed by atoms with van der Waals surface area (Å²) in [5.41, 5.74) is 0.664. The fraction of sp³-hybridized carbons (Fsp3) is 0.333. The van der Waals surface area contributed by atoms with E-state index in [1.54, 1.807) is 30.3 Å². The average Bonchev–Trinajstić information content (AvgIpc) is 2.14. The van der Waals surface area contributed by atoms with Gasteiger partial charge in [-0.3, -0.25) is 0 Å². The molecule has 0 heterocycles. The Morgan fingerprint density at radius 1 is 1.21 bits per heavy atom. The maximum Gasteiger partial charge on any atom is 0.411 e. The summed E-state index contributed by atoms with van der Waals surface area (Å²) in [5.74, 6) is 0. The smallest absolute Gasteiger partial charge is 0.353 e. The van der Waals surface area contributed by atoms with Gasteiger partial charge >= 0.3 is 6.18 Å². The van der Waals surface area contributed by atoms with Crippen LogP contribution in [0.3, 0.4) is 0 Å². The summed E-state index contributed by atoms with van der Waals surface area (Å²) in [7, 11) is 0. The number of alkyl halides is 4. The second kappa shape index (κ2) is 4.79. The minimum Gasteiger partial charge on any atom is -0.353 e. The molecule has 0 aliphatic rings. The standard InChI is InChI=1S/C9H8BrF3O/c10-8(14-6-9(11,12)13)7-4-2-1-3-5-7/h1-5,8H,6H2. The van der Waals surface area contributed by atoms with Gasteiger partial charge < -0.3 is 4.74 Å². The van der Waals surface area contributed by atoms with E-state index in [1.165, 1.54) is 0 Å². The maximum absolute atomic E-state index is 11.8. The minimum atomic E-state index is -4.29. The van der Waals surface area contributed by atoms with Gasteiger partial charge in [-0.25, -0.2) is 0 Å². The van der Waals surface area contributed by atoms with Crippen LogP contribution < -0.4 is 0 Å². The van der Waals surface area contributed by atoms with Gasteiger partial charge in [0.2, 0.25) is 0 Å². The summed E-state index contributed by atoms with van der Waals surface area (Å²) in [6, 6.07) is 8.64. The van der Waals surface area contributed by atoms with Gasteiger partial charge in [-0.15, -0.1) is 0 Å². The van der Waals surface area contributed by atoms with Gasteiger partial charge in [-0.2, -0.15) is 13.2 Å². The topological polar surface area (TPSA) is 9.23 Å². The van der Waals surface area contributed by atoms with Crippen LogP contribution in [0.25, 0.3) is 0 Å². The molecule has 1 aromatic rings. The molecule has 0 saturated carbocycles. The van der Waals surface area contributed by atoms with Crippen LogP contribution in [0.2, 0.25) is 0 Å². The largest absolute Gasteiger partial charge is 0.411 e. The summed E-state index contributed by atoms with van der Waals surface area (Å²) >= 11 is 3.02. The summed E-state index contributed by atoms with van der Waals surface area (Å²) in [6.07, 6.45) is -4.29. The van der Waals surface area contributed by atoms with Crippen LogP contribution in [-0.4, -0.2) is 12.8 Å². The first-order chi connectivity index (χ1) is 6.49. The monoisotopic (exact) mass is 268 g/mol. The van der Waals surface area contributed by atoms with Crippen molar-refractivity contribution < 1.29 is 17.9 Å². The zero-order chi connectivity index (χ0) is 10.6. The van der Waals surface area contributed by atoms with Gasteiger partial charge in [0.1, 0.15) is 11.6 Å². The van der Waals surface area contributed by atoms with Crippen molar-refractivity contribution in [3.63, 3.8) is 0 Å². The van der Waals surface area contributed by atoms with Gasteiger partial charge in [-0.1, -0.05) is 46.3 Å². The summed E-state index contributed by atoms with van der Waals surface area (Å²) < 4.78 is 39.9. The first-order valence-corrected chi connectivity index (χ1v) is 4.78. The van der Waals surface area contributed by atoms with E-state index in [2.05, 4.69) is 20.7 Å². The predicted molar refractivity (Wildman–Crippen MR) is 50.1 cm³/mol. The molecule has 1 atom stereocenters. The van der Waals surface area contributed by atoms with Crippen LogP contribution in [0.15, 0.2) is 30.3 Å². The highest BCUT2D eigenvalue weighted by atomic mass is 79.9. The molecule has 1 rings (SSSR count). The van der Waals surface area contributed by atoms with Gasteiger partial charge in [0.25, 0.3) is 0 Å². The van der Waals surface area contributed by atoms with Gasteiger partial charge in [-0.05, 0) is 5.56 Å². The van der Waals surface area contributed by atoms with Gasteiger partial charge in [0.05, 0.1) is 0 Å². The Morgan fingerprint density at radius 3 is 2.29 bits per heavy atom. The Labute approximate surface area is 88.0 Å². The van der Waals surface area contributed by atoms with E-state index in [1.807, 2.05) is 0 Å². The molecular weight excluding hydrogens is 261 g/mol. The molecule has 0 saturated heterocycles. The molecule has 78 valence electrons. The molecule has 14 heavy (non-hydrogen) atoms. The van der Waals surface area contributed by atoms with E-state index < -0.39 is 17.8 Å². The number of ether oxygens (including phenoxy) is 1. The third-order valence-corrected chi connectivity index (χ3v) is 2.25. The zero-order valence-corrected chi connectivity index (χ0v) is 8.68. The Kier molecular flexibility index (Phi) is 3.95. The number of benzene rings is 1. The van der Waals surface area contributed by atoms with Crippen molar-refractivity contribution in [3.05, 3.63) is 35.9 Å². The average molecular weight is 269 g/mol. The lowest BCUT2D eigenvalue weighted by Gasteiger charge is -2.13. The van der Waals surface area contributed by atoms with Gasteiger partial charge in [0.15, 0.2) is 0 Å². The lowest BCUT2D eigenvalue weighted by molar-refractivity contribution is -0.177. The van der Waals surface area contributed by atoms with Crippen molar-refractivity contribution in [1.29, 1.82) is 0 Å². The molecule has 1 aromatic carbocycles. The zero-order valence-electron chi connectivity index (χ0n) is 7.09. The third-order valence-electron chi connectivity index (χ3n) is 1.45. The van der Waals surface area contributed by atoms with Crippen molar-refractivity contribution >= 4 is 15.9 Å². The van der Waals surface area contributed by atoms with E-state index in [0.717, 1.165) is 0 Å². The highest BCUT2D eigenvalue weighted by Gasteiger charge is 2.29. The number of hydrogen-bond acceptors (Lipinski definition) is 1. The molecule has 0 aliphatic heterocycles. The number of hydrogen-bond donors (Lipinski definition) is 0. The normalized spacial score (nSPS) is 14.0. The van der Waals surface area contributed by atoms with E-state index in [9.17, 15) is 13.2 Å². The van der Waals surface area contributed by atoms with Crippen LogP contribution in [0.1, 0.15) is 10.6 Å². The third kappa shape index (κ3) is 4.11. The maximum atomic E-state index is 11.8. The summed E-state index contributed by atoms with van der Waals surface area (Å²) in [5, 5.41) is -0.717. The Balaban J connectivity index is 2.48. The molecule has 0 fully saturated rings. The molecule has 1 unspecified atom stereocenters. The first kappa shape index (κ1) is 11.5. The van der Waals surface area contributed by atoms with E-state index in [0.29, 0.717) is 5.56 Å². The van der Waals surface area contributed by atoms with Crippen molar-refractivity contribution in [3.8, 4) is 0 Å². The van der Waals surface area contributed by atoms with E-state index in [-0.39, 0.29) is 0 Å². The lowest BCUT2D eigenvalue weighted by atomic mass is 10.2. The Hall–Kier alpha value is -0.550. The van der Waals surface area contributed by atoms with Crippen LogP contribution in [-0.2, 0) is 4.74 Å². The molecule has 0 spiro atoms. The molecule has 0 amide bonds. The summed E-state index contributed by atoms with van der Waals surface area (Å²) in [4.78, 5) is 0.